The molecule has 0 atom stereocenters. The number of H-pyrrole nitrogens is 1. The van der Waals surface area contributed by atoms with Gasteiger partial charge in [-0.1, -0.05) is 0 Å². The number of hydrogen-bond donors (Lipinski definition) is 4. The molecular formula is C13H13N5O3S. The van der Waals surface area contributed by atoms with E-state index in [0.717, 1.165) is 5.56 Å². The number of rotatable bonds is 4. The lowest BCUT2D eigenvalue weighted by atomic mass is 10.2. The van der Waals surface area contributed by atoms with Crippen LogP contribution < -0.4 is 10.0 Å². The van der Waals surface area contributed by atoms with Crippen LogP contribution in [-0.2, 0) is 10.0 Å². The summed E-state index contributed by atoms with van der Waals surface area (Å²) in [6, 6.07) is 5.72. The molecule has 0 aromatic heterocycles. The van der Waals surface area contributed by atoms with Crippen LogP contribution in [0, 0.1) is 0 Å². The number of sulfonamides is 1. The highest BCUT2D eigenvalue weighted by molar-refractivity contribution is 7.89. The number of benzene rings is 1. The van der Waals surface area contributed by atoms with Crippen molar-refractivity contribution in [2.24, 2.45) is 0 Å². The van der Waals surface area contributed by atoms with Crippen LogP contribution in [0.15, 0.2) is 41.7 Å². The fraction of sp³-hybridized carbons (Fsp3) is 0.0769. The lowest BCUT2D eigenvalue weighted by molar-refractivity contribution is 0.477. The zero-order valence-electron chi connectivity index (χ0n) is 11.5. The number of phenolic OH excluding ortho intramolecular Hbond substituents is 1. The first-order valence-corrected chi connectivity index (χ1v) is 7.81. The molecular weight excluding hydrogens is 306 g/mol. The predicted molar refractivity (Wildman–Crippen MR) is 80.6 cm³/mol. The summed E-state index contributed by atoms with van der Waals surface area (Å²) in [5.41, 5.74) is 0.960. The second-order valence-electron chi connectivity index (χ2n) is 4.47. The Labute approximate surface area is 126 Å². The Hall–Kier alpha value is -2.65. The summed E-state index contributed by atoms with van der Waals surface area (Å²) in [5, 5.41) is 12.9. The average Bonchev–Trinajstić information content (AvgIpc) is 2.99. The number of aromatic hydroxyl groups is 1. The number of fused-ring (bicyclic) bond motifs is 1. The third kappa shape index (κ3) is 2.47. The predicted octanol–water partition coefficient (Wildman–Crippen LogP) is 1.27. The van der Waals surface area contributed by atoms with Crippen LogP contribution in [-0.4, -0.2) is 35.5 Å². The molecule has 1 aromatic carbocycles. The van der Waals surface area contributed by atoms with E-state index in [4.69, 9.17) is 0 Å². The van der Waals surface area contributed by atoms with Gasteiger partial charge in [0.1, 0.15) is 17.4 Å². The molecule has 22 heavy (non-hydrogen) atoms. The molecule has 0 fully saturated rings. The Morgan fingerprint density at radius 3 is 2.82 bits per heavy atom. The molecule has 0 bridgehead atoms. The maximum atomic E-state index is 11.8. The molecule has 0 radical (unpaired) electrons. The van der Waals surface area contributed by atoms with Crippen LogP contribution in [0.5, 0.6) is 5.75 Å². The van der Waals surface area contributed by atoms with E-state index < -0.39 is 10.0 Å². The number of phenols is 1. The molecule has 1 aromatic rings. The number of hydrogen-bond acceptors (Lipinski definition) is 6. The maximum Gasteiger partial charge on any atom is 0.240 e. The molecule has 0 saturated carbocycles. The first-order chi connectivity index (χ1) is 10.5. The van der Waals surface area contributed by atoms with Crippen molar-refractivity contribution in [3.8, 4) is 17.1 Å². The molecule has 3 rings (SSSR count). The number of nitrogens with one attached hydrogen (secondary N) is 3. The Kier molecular flexibility index (Phi) is 3.43. The van der Waals surface area contributed by atoms with Crippen LogP contribution in [0.1, 0.15) is 0 Å². The van der Waals surface area contributed by atoms with Gasteiger partial charge < -0.3 is 15.4 Å². The summed E-state index contributed by atoms with van der Waals surface area (Å²) >= 11 is 0. The third-order valence-electron chi connectivity index (χ3n) is 3.15. The van der Waals surface area contributed by atoms with Crippen molar-refractivity contribution in [3.05, 3.63) is 36.8 Å². The molecule has 8 nitrogen and oxygen atoms in total. The van der Waals surface area contributed by atoms with Crippen molar-refractivity contribution in [1.29, 1.82) is 0 Å². The molecule has 0 amide bonds. The van der Waals surface area contributed by atoms with Crippen LogP contribution in [0.25, 0.3) is 11.4 Å². The van der Waals surface area contributed by atoms with E-state index in [0.29, 0.717) is 11.6 Å². The minimum atomic E-state index is -3.60. The van der Waals surface area contributed by atoms with Gasteiger partial charge in [0.15, 0.2) is 0 Å². The van der Waals surface area contributed by atoms with Gasteiger partial charge in [0, 0.05) is 6.20 Å². The fourth-order valence-electron chi connectivity index (χ4n) is 2.00. The van der Waals surface area contributed by atoms with E-state index in [-0.39, 0.29) is 16.3 Å². The Bertz CT molecular complexity index is 890. The second-order valence-corrected chi connectivity index (χ2v) is 6.36. The molecule has 2 aliphatic rings. The Morgan fingerprint density at radius 2 is 2.05 bits per heavy atom. The first kappa shape index (κ1) is 14.3. The molecule has 2 aliphatic heterocycles. The summed E-state index contributed by atoms with van der Waals surface area (Å²) in [7, 11) is -2.28. The molecule has 0 aliphatic carbocycles. The average molecular weight is 319 g/mol. The van der Waals surface area contributed by atoms with Gasteiger partial charge in [0.05, 0.1) is 22.5 Å². The smallest absolute Gasteiger partial charge is 0.240 e. The fourth-order valence-corrected chi connectivity index (χ4v) is 2.75. The van der Waals surface area contributed by atoms with Crippen molar-refractivity contribution < 1.29 is 13.5 Å². The van der Waals surface area contributed by atoms with Crippen molar-refractivity contribution in [2.75, 3.05) is 12.4 Å². The van der Waals surface area contributed by atoms with Gasteiger partial charge in [-0.2, -0.15) is 0 Å². The van der Waals surface area contributed by atoms with Gasteiger partial charge in [-0.15, -0.1) is 0 Å². The van der Waals surface area contributed by atoms with Crippen molar-refractivity contribution >= 4 is 21.5 Å². The van der Waals surface area contributed by atoms with Gasteiger partial charge in [-0.05, 0) is 31.3 Å². The first-order valence-electron chi connectivity index (χ1n) is 6.33. The van der Waals surface area contributed by atoms with Gasteiger partial charge in [-0.3, -0.25) is 0 Å². The highest BCUT2D eigenvalue weighted by Crippen LogP contribution is 2.32. The molecule has 0 spiro atoms. The lowest BCUT2D eigenvalue weighted by Crippen LogP contribution is -2.18. The van der Waals surface area contributed by atoms with Crippen molar-refractivity contribution in [3.63, 3.8) is 0 Å². The highest BCUT2D eigenvalue weighted by atomic mass is 32.2. The Morgan fingerprint density at radius 1 is 1.23 bits per heavy atom. The second kappa shape index (κ2) is 5.28. The topological polar surface area (TPSA) is 120 Å². The minimum Gasteiger partial charge on any atom is -0.506 e. The quantitative estimate of drug-likeness (QED) is 0.537. The summed E-state index contributed by atoms with van der Waals surface area (Å²) in [6.45, 7) is 0. The molecule has 2 heterocycles. The molecule has 9 heteroatoms. The van der Waals surface area contributed by atoms with Crippen LogP contribution in [0.2, 0.25) is 0 Å². The summed E-state index contributed by atoms with van der Waals surface area (Å²) in [6.07, 6.45) is 3.08. The third-order valence-corrected chi connectivity index (χ3v) is 4.56. The SMILES string of the molecule is CNS(=O)(=O)c1ccc(O)c(Nc2nc[nH]c3nccc2-3)c1. The number of aromatic amines is 1. The van der Waals surface area contributed by atoms with Crippen molar-refractivity contribution in [1.82, 2.24) is 19.7 Å². The van der Waals surface area contributed by atoms with Gasteiger partial charge in [0.25, 0.3) is 0 Å². The monoisotopic (exact) mass is 319 g/mol. The zero-order valence-corrected chi connectivity index (χ0v) is 12.3. The molecule has 0 unspecified atom stereocenters. The molecule has 114 valence electrons. The lowest BCUT2D eigenvalue weighted by Gasteiger charge is -2.12. The van der Waals surface area contributed by atoms with E-state index >= 15 is 0 Å². The largest absolute Gasteiger partial charge is 0.506 e. The van der Waals surface area contributed by atoms with Crippen molar-refractivity contribution in [2.45, 2.75) is 4.90 Å². The van der Waals surface area contributed by atoms with Crippen LogP contribution >= 0.6 is 0 Å². The minimum absolute atomic E-state index is 0.0367. The number of anilines is 2. The van der Waals surface area contributed by atoms with E-state index in [9.17, 15) is 13.5 Å². The van der Waals surface area contributed by atoms with Crippen LogP contribution in [0.4, 0.5) is 11.5 Å². The van der Waals surface area contributed by atoms with E-state index in [2.05, 4.69) is 25.0 Å². The van der Waals surface area contributed by atoms with Gasteiger partial charge in [-0.25, -0.2) is 23.1 Å². The summed E-state index contributed by atoms with van der Waals surface area (Å²) in [5.74, 6) is 1.01. The highest BCUT2D eigenvalue weighted by Gasteiger charge is 2.16. The maximum absolute atomic E-state index is 11.8. The molecule has 0 saturated heterocycles. The van der Waals surface area contributed by atoms with E-state index in [1.165, 1.54) is 31.6 Å². The zero-order chi connectivity index (χ0) is 15.7. The number of nitrogens with zero attached hydrogens (tertiary/aromatic N) is 2. The van der Waals surface area contributed by atoms with E-state index in [1.807, 2.05) is 0 Å². The van der Waals surface area contributed by atoms with E-state index in [1.54, 1.807) is 12.3 Å². The number of aromatic nitrogens is 3. The van der Waals surface area contributed by atoms with Gasteiger partial charge >= 0.3 is 0 Å². The Balaban J connectivity index is 2.03. The normalized spacial score (nSPS) is 11.7. The standard InChI is InChI=1S/C13H13N5O3S/c1-14-22(20,21)8-2-3-11(19)10(6-8)18-13-9-4-5-15-12(9)16-7-17-13/h2-7,14,19H,1H3,(H2,15,16,17,18). The van der Waals surface area contributed by atoms with Crippen LogP contribution in [0.3, 0.4) is 0 Å². The summed E-state index contributed by atoms with van der Waals surface area (Å²) < 4.78 is 25.9. The molecule has 4 N–H and O–H groups in total. The summed E-state index contributed by atoms with van der Waals surface area (Å²) in [4.78, 5) is 11.2. The van der Waals surface area contributed by atoms with Gasteiger partial charge in [0.2, 0.25) is 10.0 Å².